The zero-order valence-electron chi connectivity index (χ0n) is 14.0. The number of carbonyl (C=O) groups excluding carboxylic acids is 1. The highest BCUT2D eigenvalue weighted by Gasteiger charge is 2.51. The second kappa shape index (κ2) is 7.12. The van der Waals surface area contributed by atoms with Crippen molar-refractivity contribution < 1.29 is 19.0 Å². The van der Waals surface area contributed by atoms with E-state index in [1.54, 1.807) is 7.11 Å². The smallest absolute Gasteiger partial charge is 0.156 e. The van der Waals surface area contributed by atoms with E-state index in [1.165, 1.54) is 5.57 Å². The van der Waals surface area contributed by atoms with Gasteiger partial charge in [-0.2, -0.15) is 0 Å². The Morgan fingerprint density at radius 2 is 2.17 bits per heavy atom. The van der Waals surface area contributed by atoms with E-state index in [9.17, 15) is 4.79 Å². The molecule has 0 saturated heterocycles. The summed E-state index contributed by atoms with van der Waals surface area (Å²) in [5, 5.41) is 0. The van der Waals surface area contributed by atoms with Crippen LogP contribution in [0.5, 0.6) is 0 Å². The Morgan fingerprint density at radius 3 is 3.00 bits per heavy atom. The Labute approximate surface area is 138 Å². The fraction of sp³-hybridized carbons (Fsp3) is 0.632. The molecule has 0 aromatic rings. The normalized spacial score (nSPS) is 35.7. The molecule has 0 N–H and O–H groups in total. The molecule has 0 aromatic carbocycles. The van der Waals surface area contributed by atoms with Gasteiger partial charge in [-0.3, -0.25) is 4.79 Å². The topological polar surface area (TPSA) is 44.8 Å². The van der Waals surface area contributed by atoms with E-state index in [4.69, 9.17) is 14.2 Å². The van der Waals surface area contributed by atoms with E-state index in [1.807, 2.05) is 6.08 Å². The summed E-state index contributed by atoms with van der Waals surface area (Å²) in [5.74, 6) is 1.08. The van der Waals surface area contributed by atoms with Crippen LogP contribution in [0.15, 0.2) is 36.0 Å². The molecule has 4 nitrogen and oxygen atoms in total. The molecule has 2 bridgehead atoms. The molecular formula is C19H26O4. The molecule has 4 atom stereocenters. The maximum Gasteiger partial charge on any atom is 0.156 e. The Balaban J connectivity index is 1.82. The number of ketones is 1. The number of rotatable bonds is 6. The highest BCUT2D eigenvalue weighted by atomic mass is 16.7. The van der Waals surface area contributed by atoms with Crippen LogP contribution in [0.4, 0.5) is 0 Å². The summed E-state index contributed by atoms with van der Waals surface area (Å²) < 4.78 is 16.7. The Hall–Kier alpha value is -1.23. The molecule has 4 heteroatoms. The van der Waals surface area contributed by atoms with Crippen molar-refractivity contribution in [3.8, 4) is 0 Å². The molecule has 0 aromatic heterocycles. The molecular weight excluding hydrogens is 292 g/mol. The van der Waals surface area contributed by atoms with Crippen LogP contribution < -0.4 is 0 Å². The van der Waals surface area contributed by atoms with E-state index >= 15 is 0 Å². The number of methoxy groups -OCH3 is 1. The number of ether oxygens (including phenoxy) is 3. The second-order valence-corrected chi connectivity index (χ2v) is 6.91. The van der Waals surface area contributed by atoms with Crippen molar-refractivity contribution >= 4 is 5.78 Å². The Morgan fingerprint density at radius 1 is 1.30 bits per heavy atom. The third-order valence-electron chi connectivity index (χ3n) is 5.17. The van der Waals surface area contributed by atoms with Crippen LogP contribution >= 0.6 is 0 Å². The summed E-state index contributed by atoms with van der Waals surface area (Å²) in [6.07, 6.45) is 13.0. The van der Waals surface area contributed by atoms with Crippen LogP contribution in [-0.4, -0.2) is 39.0 Å². The fourth-order valence-electron chi connectivity index (χ4n) is 4.21. The molecule has 0 aliphatic heterocycles. The van der Waals surface area contributed by atoms with E-state index < -0.39 is 0 Å². The summed E-state index contributed by atoms with van der Waals surface area (Å²) in [7, 11) is 1.65. The van der Waals surface area contributed by atoms with Crippen LogP contribution in [0.3, 0.4) is 0 Å². The van der Waals surface area contributed by atoms with E-state index in [-0.39, 0.29) is 24.1 Å². The molecule has 23 heavy (non-hydrogen) atoms. The zero-order valence-corrected chi connectivity index (χ0v) is 14.0. The lowest BCUT2D eigenvalue weighted by Crippen LogP contribution is -2.40. The van der Waals surface area contributed by atoms with Gasteiger partial charge in [-0.15, -0.1) is 0 Å². The number of hydrogen-bond donors (Lipinski definition) is 0. The molecule has 0 heterocycles. The first-order valence-electron chi connectivity index (χ1n) is 8.44. The van der Waals surface area contributed by atoms with Crippen LogP contribution in [0, 0.1) is 17.3 Å². The van der Waals surface area contributed by atoms with E-state index in [0.29, 0.717) is 31.5 Å². The standard InChI is InChI=1S/C19H26O4/c1-14-9-15-5-3-4-6-19(12-17(20)11-16(19)10-14)18(15)23-13-22-8-7-21-2/h3-6,11,14-15,18H,7-10,12-13H2,1-2H3/t14-,15-,18+,19-/m0/s1. The second-order valence-electron chi connectivity index (χ2n) is 6.91. The summed E-state index contributed by atoms with van der Waals surface area (Å²) in [4.78, 5) is 12.2. The summed E-state index contributed by atoms with van der Waals surface area (Å²) >= 11 is 0. The van der Waals surface area contributed by atoms with Crippen molar-refractivity contribution in [3.63, 3.8) is 0 Å². The minimum absolute atomic E-state index is 0.0392. The van der Waals surface area contributed by atoms with Gasteiger partial charge in [0.25, 0.3) is 0 Å². The molecule has 1 fully saturated rings. The van der Waals surface area contributed by atoms with E-state index in [2.05, 4.69) is 31.2 Å². The lowest BCUT2D eigenvalue weighted by molar-refractivity contribution is -0.136. The first-order valence-corrected chi connectivity index (χ1v) is 8.44. The van der Waals surface area contributed by atoms with Gasteiger partial charge in [-0.1, -0.05) is 36.8 Å². The summed E-state index contributed by atoms with van der Waals surface area (Å²) in [6.45, 7) is 3.58. The average molecular weight is 318 g/mol. The lowest BCUT2D eigenvalue weighted by atomic mass is 9.72. The molecule has 1 saturated carbocycles. The molecule has 0 radical (unpaired) electrons. The molecule has 0 unspecified atom stereocenters. The van der Waals surface area contributed by atoms with Crippen molar-refractivity contribution in [3.05, 3.63) is 36.0 Å². The molecule has 3 rings (SSSR count). The van der Waals surface area contributed by atoms with Gasteiger partial charge < -0.3 is 14.2 Å². The molecule has 1 spiro atoms. The van der Waals surface area contributed by atoms with Gasteiger partial charge >= 0.3 is 0 Å². The summed E-state index contributed by atoms with van der Waals surface area (Å²) in [6, 6.07) is 0. The van der Waals surface area contributed by atoms with Crippen molar-refractivity contribution in [1.82, 2.24) is 0 Å². The lowest BCUT2D eigenvalue weighted by Gasteiger charge is -2.37. The van der Waals surface area contributed by atoms with Crippen molar-refractivity contribution in [1.29, 1.82) is 0 Å². The number of fused-ring (bicyclic) bond motifs is 1. The van der Waals surface area contributed by atoms with Crippen LogP contribution in [0.25, 0.3) is 0 Å². The SMILES string of the molecule is COCCOCO[C@@H]1[C@H]2C=CC=C[C@@]13CC(=O)C=C3C[C@@H](C)C2. The van der Waals surface area contributed by atoms with E-state index in [0.717, 1.165) is 12.8 Å². The van der Waals surface area contributed by atoms with Crippen molar-refractivity contribution in [2.24, 2.45) is 17.3 Å². The fourth-order valence-corrected chi connectivity index (χ4v) is 4.21. The molecule has 126 valence electrons. The molecule has 3 aliphatic rings. The van der Waals surface area contributed by atoms with Crippen LogP contribution in [-0.2, 0) is 19.0 Å². The first kappa shape index (κ1) is 16.6. The van der Waals surface area contributed by atoms with Gasteiger partial charge in [-0.25, -0.2) is 0 Å². The zero-order chi connectivity index (χ0) is 16.3. The largest absolute Gasteiger partial charge is 0.382 e. The Kier molecular flexibility index (Phi) is 5.14. The third kappa shape index (κ3) is 3.35. The minimum Gasteiger partial charge on any atom is -0.382 e. The van der Waals surface area contributed by atoms with Gasteiger partial charge in [0.1, 0.15) is 6.79 Å². The highest BCUT2D eigenvalue weighted by Crippen LogP contribution is 2.52. The van der Waals surface area contributed by atoms with Gasteiger partial charge in [-0.05, 0) is 24.8 Å². The van der Waals surface area contributed by atoms with Crippen molar-refractivity contribution in [2.45, 2.75) is 32.3 Å². The summed E-state index contributed by atoms with van der Waals surface area (Å²) in [5.41, 5.74) is 0.944. The minimum atomic E-state index is -0.291. The number of allylic oxidation sites excluding steroid dienone is 3. The highest BCUT2D eigenvalue weighted by molar-refractivity contribution is 5.95. The predicted molar refractivity (Wildman–Crippen MR) is 87.9 cm³/mol. The van der Waals surface area contributed by atoms with Gasteiger partial charge in [0.05, 0.1) is 19.3 Å². The molecule has 3 aliphatic carbocycles. The van der Waals surface area contributed by atoms with Crippen molar-refractivity contribution in [2.75, 3.05) is 27.1 Å². The van der Waals surface area contributed by atoms with Crippen LogP contribution in [0.1, 0.15) is 26.2 Å². The number of hydrogen-bond acceptors (Lipinski definition) is 4. The average Bonchev–Trinajstić information content (AvgIpc) is 2.66. The van der Waals surface area contributed by atoms with Gasteiger partial charge in [0.15, 0.2) is 5.78 Å². The van der Waals surface area contributed by atoms with Crippen LogP contribution in [0.2, 0.25) is 0 Å². The number of carbonyl (C=O) groups is 1. The Bertz CT molecular complexity index is 533. The maximum atomic E-state index is 12.2. The predicted octanol–water partition coefficient (Wildman–Crippen LogP) is 3.05. The monoisotopic (exact) mass is 318 g/mol. The van der Waals surface area contributed by atoms with Gasteiger partial charge in [0, 0.05) is 24.9 Å². The first-order chi connectivity index (χ1) is 11.2. The third-order valence-corrected chi connectivity index (χ3v) is 5.17. The maximum absolute atomic E-state index is 12.2. The van der Waals surface area contributed by atoms with Gasteiger partial charge in [0.2, 0.25) is 0 Å². The quantitative estimate of drug-likeness (QED) is 0.558. The molecule has 0 amide bonds.